The zero-order chi connectivity index (χ0) is 12.7. The summed E-state index contributed by atoms with van der Waals surface area (Å²) in [4.78, 5) is 7.98. The molecular weight excluding hydrogens is 214 g/mol. The van der Waals surface area contributed by atoms with E-state index in [1.807, 2.05) is 18.2 Å². The van der Waals surface area contributed by atoms with Gasteiger partial charge in [0.25, 0.3) is 0 Å². The Kier molecular flexibility index (Phi) is 5.00. The Morgan fingerprint density at radius 3 is 2.35 bits per heavy atom. The summed E-state index contributed by atoms with van der Waals surface area (Å²) in [6.45, 7) is 2.06. The van der Waals surface area contributed by atoms with Crippen molar-refractivity contribution in [3.05, 3.63) is 35.9 Å². The Morgan fingerprint density at radius 2 is 1.82 bits per heavy atom. The smallest absolute Gasteiger partial charge is 0.218 e. The molecule has 5 heteroatoms. The third-order valence-corrected chi connectivity index (χ3v) is 2.34. The summed E-state index contributed by atoms with van der Waals surface area (Å²) in [6, 6.07) is 10.2. The summed E-state index contributed by atoms with van der Waals surface area (Å²) in [5, 5.41) is 0. The molecule has 0 saturated heterocycles. The van der Waals surface area contributed by atoms with Crippen LogP contribution in [0.25, 0.3) is 0 Å². The van der Waals surface area contributed by atoms with Crippen molar-refractivity contribution in [2.24, 2.45) is 27.2 Å². The van der Waals surface area contributed by atoms with E-state index in [0.29, 0.717) is 0 Å². The van der Waals surface area contributed by atoms with E-state index >= 15 is 0 Å². The first kappa shape index (κ1) is 13.0. The molecule has 0 aliphatic heterocycles. The number of benzene rings is 1. The fraction of sp³-hybridized carbons (Fsp3) is 0.333. The largest absolute Gasteiger partial charge is 0.370 e. The van der Waals surface area contributed by atoms with Crippen molar-refractivity contribution in [2.45, 2.75) is 25.8 Å². The SMILES string of the molecule is CCC(Cc1ccccc1)N=C(N)N=C(N)N. The van der Waals surface area contributed by atoms with E-state index in [1.165, 1.54) is 5.56 Å². The van der Waals surface area contributed by atoms with Crippen LogP contribution < -0.4 is 17.2 Å². The standard InChI is InChI=1S/C12H19N5/c1-2-10(16-12(15)17-11(13)14)8-9-6-4-3-5-7-9/h3-7,10H,2,8H2,1H3,(H6,13,14,15,16,17). The van der Waals surface area contributed by atoms with Crippen LogP contribution in [0.1, 0.15) is 18.9 Å². The van der Waals surface area contributed by atoms with Gasteiger partial charge in [0.1, 0.15) is 0 Å². The van der Waals surface area contributed by atoms with Gasteiger partial charge in [-0.15, -0.1) is 0 Å². The summed E-state index contributed by atoms with van der Waals surface area (Å²) in [7, 11) is 0. The Bertz CT molecular complexity index is 393. The zero-order valence-corrected chi connectivity index (χ0v) is 10.0. The second-order valence-corrected chi connectivity index (χ2v) is 3.78. The summed E-state index contributed by atoms with van der Waals surface area (Å²) in [5.41, 5.74) is 17.3. The molecule has 1 atom stereocenters. The van der Waals surface area contributed by atoms with Crippen molar-refractivity contribution < 1.29 is 0 Å². The predicted octanol–water partition coefficient (Wildman–Crippen LogP) is 0.596. The number of hydrogen-bond donors (Lipinski definition) is 3. The van der Waals surface area contributed by atoms with Gasteiger partial charge in [-0.3, -0.25) is 0 Å². The van der Waals surface area contributed by atoms with Crippen molar-refractivity contribution in [1.29, 1.82) is 0 Å². The lowest BCUT2D eigenvalue weighted by Crippen LogP contribution is -2.27. The van der Waals surface area contributed by atoms with Crippen LogP contribution in [0.3, 0.4) is 0 Å². The van der Waals surface area contributed by atoms with E-state index in [4.69, 9.17) is 17.2 Å². The maximum atomic E-state index is 5.61. The molecule has 92 valence electrons. The molecule has 17 heavy (non-hydrogen) atoms. The van der Waals surface area contributed by atoms with E-state index in [1.54, 1.807) is 0 Å². The van der Waals surface area contributed by atoms with Gasteiger partial charge in [0.2, 0.25) is 5.96 Å². The van der Waals surface area contributed by atoms with Gasteiger partial charge >= 0.3 is 0 Å². The lowest BCUT2D eigenvalue weighted by atomic mass is 10.0. The number of nitrogens with two attached hydrogens (primary N) is 3. The van der Waals surface area contributed by atoms with Crippen LogP contribution in [0.5, 0.6) is 0 Å². The van der Waals surface area contributed by atoms with Crippen molar-refractivity contribution in [1.82, 2.24) is 0 Å². The van der Waals surface area contributed by atoms with Gasteiger partial charge in [0, 0.05) is 0 Å². The van der Waals surface area contributed by atoms with Gasteiger partial charge in [0.05, 0.1) is 6.04 Å². The summed E-state index contributed by atoms with van der Waals surface area (Å²) < 4.78 is 0. The molecule has 0 radical (unpaired) electrons. The quantitative estimate of drug-likeness (QED) is 0.524. The van der Waals surface area contributed by atoms with Gasteiger partial charge in [-0.25, -0.2) is 4.99 Å². The molecule has 1 rings (SSSR count). The minimum absolute atomic E-state index is 0.0687. The van der Waals surface area contributed by atoms with Crippen molar-refractivity contribution in [3.8, 4) is 0 Å². The van der Waals surface area contributed by atoms with E-state index < -0.39 is 0 Å². The van der Waals surface area contributed by atoms with Crippen molar-refractivity contribution >= 4 is 11.9 Å². The molecule has 0 aromatic heterocycles. The van der Waals surface area contributed by atoms with E-state index in [-0.39, 0.29) is 18.0 Å². The van der Waals surface area contributed by atoms with Crippen molar-refractivity contribution in [3.63, 3.8) is 0 Å². The molecule has 0 amide bonds. The highest BCUT2D eigenvalue weighted by Crippen LogP contribution is 2.08. The third kappa shape index (κ3) is 5.01. The van der Waals surface area contributed by atoms with Gasteiger partial charge in [-0.2, -0.15) is 4.99 Å². The number of nitrogens with zero attached hydrogens (tertiary/aromatic N) is 2. The van der Waals surface area contributed by atoms with Gasteiger partial charge < -0.3 is 17.2 Å². The normalized spacial score (nSPS) is 13.1. The summed E-state index contributed by atoms with van der Waals surface area (Å²) >= 11 is 0. The summed E-state index contributed by atoms with van der Waals surface area (Å²) in [6.07, 6.45) is 1.72. The maximum absolute atomic E-state index is 5.61. The summed E-state index contributed by atoms with van der Waals surface area (Å²) in [5.74, 6) is 0.0635. The number of hydrogen-bond acceptors (Lipinski definition) is 1. The van der Waals surface area contributed by atoms with Crippen LogP contribution >= 0.6 is 0 Å². The molecule has 0 heterocycles. The highest BCUT2D eigenvalue weighted by atomic mass is 15.1. The lowest BCUT2D eigenvalue weighted by Gasteiger charge is -2.10. The molecule has 0 aliphatic rings. The lowest BCUT2D eigenvalue weighted by molar-refractivity contribution is 0.647. The van der Waals surface area contributed by atoms with Crippen LogP contribution in [0.15, 0.2) is 40.3 Å². The van der Waals surface area contributed by atoms with Crippen LogP contribution in [-0.2, 0) is 6.42 Å². The molecule has 0 spiro atoms. The Morgan fingerprint density at radius 1 is 1.18 bits per heavy atom. The molecule has 1 aromatic rings. The van der Waals surface area contributed by atoms with E-state index in [2.05, 4.69) is 29.0 Å². The fourth-order valence-electron chi connectivity index (χ4n) is 1.52. The molecule has 0 bridgehead atoms. The second-order valence-electron chi connectivity index (χ2n) is 3.78. The van der Waals surface area contributed by atoms with Crippen LogP contribution in [0.2, 0.25) is 0 Å². The maximum Gasteiger partial charge on any atom is 0.218 e. The van der Waals surface area contributed by atoms with Crippen LogP contribution in [0, 0.1) is 0 Å². The molecular formula is C12H19N5. The second kappa shape index (κ2) is 6.52. The number of aliphatic imine (C=N–C) groups is 2. The number of guanidine groups is 2. The molecule has 5 nitrogen and oxygen atoms in total. The van der Waals surface area contributed by atoms with E-state index in [9.17, 15) is 0 Å². The molecule has 6 N–H and O–H groups in total. The molecule has 1 unspecified atom stereocenters. The third-order valence-electron chi connectivity index (χ3n) is 2.34. The average Bonchev–Trinajstić information content (AvgIpc) is 2.28. The first-order valence-corrected chi connectivity index (χ1v) is 5.58. The fourth-order valence-corrected chi connectivity index (χ4v) is 1.52. The highest BCUT2D eigenvalue weighted by molar-refractivity contribution is 5.92. The predicted molar refractivity (Wildman–Crippen MR) is 71.7 cm³/mol. The highest BCUT2D eigenvalue weighted by Gasteiger charge is 2.06. The first-order chi connectivity index (χ1) is 8.11. The molecule has 0 fully saturated rings. The minimum Gasteiger partial charge on any atom is -0.370 e. The molecule has 0 saturated carbocycles. The topological polar surface area (TPSA) is 103 Å². The number of rotatable bonds is 4. The van der Waals surface area contributed by atoms with Gasteiger partial charge in [0.15, 0.2) is 5.96 Å². The first-order valence-electron chi connectivity index (χ1n) is 5.58. The van der Waals surface area contributed by atoms with Gasteiger partial charge in [-0.05, 0) is 18.4 Å². The van der Waals surface area contributed by atoms with Gasteiger partial charge in [-0.1, -0.05) is 37.3 Å². The molecule has 1 aromatic carbocycles. The van der Waals surface area contributed by atoms with E-state index in [0.717, 1.165) is 12.8 Å². The average molecular weight is 233 g/mol. The zero-order valence-electron chi connectivity index (χ0n) is 10.0. The van der Waals surface area contributed by atoms with Crippen LogP contribution in [0.4, 0.5) is 0 Å². The Hall–Kier alpha value is -2.04. The van der Waals surface area contributed by atoms with Crippen LogP contribution in [-0.4, -0.2) is 18.0 Å². The van der Waals surface area contributed by atoms with Crippen molar-refractivity contribution in [2.75, 3.05) is 0 Å². The Balaban J connectivity index is 2.70. The Labute approximate surface area is 101 Å². The monoisotopic (exact) mass is 233 g/mol. The molecule has 0 aliphatic carbocycles. The minimum atomic E-state index is -0.0687.